The van der Waals surface area contributed by atoms with Crippen molar-refractivity contribution in [3.8, 4) is 11.3 Å². The van der Waals surface area contributed by atoms with E-state index in [0.29, 0.717) is 17.8 Å². The van der Waals surface area contributed by atoms with Crippen LogP contribution in [0.2, 0.25) is 0 Å². The number of nitrogens with zero attached hydrogens (tertiary/aromatic N) is 6. The fourth-order valence-electron chi connectivity index (χ4n) is 5.94. The molecule has 0 bridgehead atoms. The fraction of sp³-hybridized carbons (Fsp3) is 0.345. The van der Waals surface area contributed by atoms with Crippen LogP contribution in [0.25, 0.3) is 27.8 Å². The quantitative estimate of drug-likeness (QED) is 0.386. The minimum absolute atomic E-state index is 0.430. The number of rotatable bonds is 5. The van der Waals surface area contributed by atoms with Gasteiger partial charge in [-0.2, -0.15) is 0 Å². The lowest BCUT2D eigenvalue weighted by molar-refractivity contribution is 0.0586. The number of anilines is 1. The van der Waals surface area contributed by atoms with Crippen molar-refractivity contribution in [3.05, 3.63) is 78.1 Å². The Kier molecular flexibility index (Phi) is 5.44. The van der Waals surface area contributed by atoms with Crippen molar-refractivity contribution in [2.24, 2.45) is 0 Å². The van der Waals surface area contributed by atoms with Crippen LogP contribution < -0.4 is 5.73 Å². The van der Waals surface area contributed by atoms with Crippen LogP contribution in [0.3, 0.4) is 0 Å². The van der Waals surface area contributed by atoms with Crippen LogP contribution >= 0.6 is 0 Å². The van der Waals surface area contributed by atoms with E-state index < -0.39 is 0 Å². The molecule has 0 radical (unpaired) electrons. The Bertz CT molecular complexity index is 1560. The van der Waals surface area contributed by atoms with Crippen LogP contribution in [0, 0.1) is 0 Å². The van der Waals surface area contributed by atoms with Crippen LogP contribution in [0.1, 0.15) is 36.0 Å². The second-order valence-corrected chi connectivity index (χ2v) is 10.6. The monoisotopic (exact) mass is 492 g/mol. The first-order valence-electron chi connectivity index (χ1n) is 13.2. The molecule has 2 aliphatic rings. The van der Waals surface area contributed by atoms with E-state index >= 15 is 0 Å². The molecule has 7 rings (SSSR count). The highest BCUT2D eigenvalue weighted by molar-refractivity contribution is 5.89. The van der Waals surface area contributed by atoms with Gasteiger partial charge in [-0.15, -0.1) is 0 Å². The van der Waals surface area contributed by atoms with Crippen LogP contribution in [-0.4, -0.2) is 73.4 Å². The van der Waals surface area contributed by atoms with Crippen molar-refractivity contribution >= 4 is 22.4 Å². The smallest absolute Gasteiger partial charge is 0.150 e. The summed E-state index contributed by atoms with van der Waals surface area (Å²) in [5, 5.41) is 0. The molecule has 3 aromatic heterocycles. The third-order valence-corrected chi connectivity index (χ3v) is 8.16. The molecule has 37 heavy (non-hydrogen) atoms. The molecule has 0 unspecified atom stereocenters. The number of aromatic amines is 1. The maximum absolute atomic E-state index is 6.42. The first-order chi connectivity index (χ1) is 18.1. The number of piperazine rings is 1. The Morgan fingerprint density at radius 3 is 2.62 bits per heavy atom. The molecule has 0 amide bonds. The predicted octanol–water partition coefficient (Wildman–Crippen LogP) is 3.94. The third kappa shape index (κ3) is 4.06. The average Bonchev–Trinajstić information content (AvgIpc) is 3.46. The lowest BCUT2D eigenvalue weighted by atomic mass is 9.78. The Morgan fingerprint density at radius 2 is 1.81 bits per heavy atom. The minimum atomic E-state index is 0.430. The lowest BCUT2D eigenvalue weighted by Crippen LogP contribution is -2.52. The van der Waals surface area contributed by atoms with Gasteiger partial charge in [-0.05, 0) is 37.6 Å². The summed E-state index contributed by atoms with van der Waals surface area (Å²) < 4.78 is 2.16. The predicted molar refractivity (Wildman–Crippen MR) is 147 cm³/mol. The summed E-state index contributed by atoms with van der Waals surface area (Å²) in [5.41, 5.74) is 12.4. The van der Waals surface area contributed by atoms with Crippen LogP contribution in [-0.2, 0) is 6.42 Å². The number of nitrogens with one attached hydrogen (secondary N) is 1. The van der Waals surface area contributed by atoms with E-state index in [1.54, 1.807) is 6.20 Å². The molecule has 188 valence electrons. The Morgan fingerprint density at radius 1 is 1.00 bits per heavy atom. The number of imidazole rings is 2. The average molecular weight is 493 g/mol. The van der Waals surface area contributed by atoms with Crippen molar-refractivity contribution in [3.63, 3.8) is 0 Å². The molecule has 8 heteroatoms. The number of H-pyrrole nitrogens is 1. The van der Waals surface area contributed by atoms with Crippen molar-refractivity contribution in [2.45, 2.75) is 31.2 Å². The molecule has 2 fully saturated rings. The Labute approximate surface area is 216 Å². The molecular weight excluding hydrogens is 460 g/mol. The summed E-state index contributed by atoms with van der Waals surface area (Å²) in [6.45, 7) is 4.63. The van der Waals surface area contributed by atoms with Gasteiger partial charge in [-0.1, -0.05) is 36.4 Å². The molecule has 1 aliphatic heterocycles. The van der Waals surface area contributed by atoms with Crippen LogP contribution in [0.5, 0.6) is 0 Å². The van der Waals surface area contributed by atoms with Gasteiger partial charge in [0, 0.05) is 62.5 Å². The van der Waals surface area contributed by atoms with Gasteiger partial charge < -0.3 is 15.6 Å². The van der Waals surface area contributed by atoms with E-state index in [4.69, 9.17) is 15.7 Å². The number of fused-ring (bicyclic) bond motifs is 2. The zero-order valence-electron chi connectivity index (χ0n) is 21.1. The van der Waals surface area contributed by atoms with Gasteiger partial charge in [0.2, 0.25) is 0 Å². The zero-order valence-corrected chi connectivity index (χ0v) is 21.1. The van der Waals surface area contributed by atoms with Gasteiger partial charge in [-0.3, -0.25) is 9.30 Å². The number of aromatic nitrogens is 5. The minimum Gasteiger partial charge on any atom is -0.382 e. The summed E-state index contributed by atoms with van der Waals surface area (Å²) >= 11 is 0. The third-order valence-electron chi connectivity index (χ3n) is 8.16. The molecular formula is C29H32N8. The summed E-state index contributed by atoms with van der Waals surface area (Å²) in [7, 11) is 2.21. The highest BCUT2D eigenvalue weighted by atomic mass is 15.3. The number of likely N-dealkylation sites (N-methyl/N-ethyl adjacent to an activating group) is 1. The van der Waals surface area contributed by atoms with E-state index in [-0.39, 0.29) is 0 Å². The highest BCUT2D eigenvalue weighted by Crippen LogP contribution is 2.42. The number of nitrogens with two attached hydrogens (primary N) is 1. The summed E-state index contributed by atoms with van der Waals surface area (Å²) in [6.07, 6.45) is 6.85. The second kappa shape index (κ2) is 8.97. The molecule has 8 nitrogen and oxygen atoms in total. The molecule has 5 aromatic rings. The van der Waals surface area contributed by atoms with Gasteiger partial charge in [-0.25, -0.2) is 15.0 Å². The van der Waals surface area contributed by atoms with Gasteiger partial charge >= 0.3 is 0 Å². The molecule has 0 atom stereocenters. The van der Waals surface area contributed by atoms with E-state index in [1.807, 2.05) is 12.3 Å². The molecule has 1 aliphatic carbocycles. The van der Waals surface area contributed by atoms with Crippen molar-refractivity contribution in [1.29, 1.82) is 0 Å². The summed E-state index contributed by atoms with van der Waals surface area (Å²) in [4.78, 5) is 23.0. The van der Waals surface area contributed by atoms with E-state index in [9.17, 15) is 0 Å². The highest BCUT2D eigenvalue weighted by Gasteiger charge is 2.38. The SMILES string of the molecule is CN1CCN([C@H]2C[C@@H](c3nc(-c4ccc5[nH]c(Cc6ccccc6)nc5c4)c4c(N)nccn43)C2)CC1. The van der Waals surface area contributed by atoms with Crippen molar-refractivity contribution in [2.75, 3.05) is 39.0 Å². The maximum Gasteiger partial charge on any atom is 0.150 e. The van der Waals surface area contributed by atoms with Gasteiger partial charge in [0.15, 0.2) is 0 Å². The Balaban J connectivity index is 1.19. The first kappa shape index (κ1) is 22.4. The molecule has 4 heterocycles. The fourth-order valence-corrected chi connectivity index (χ4v) is 5.94. The standard InChI is InChI=1S/C29H32N8/c1-35-11-13-36(14-12-35)22-16-21(17-22)29-34-26(27-28(30)31-9-10-37(27)29)20-7-8-23-24(18-20)33-25(32-23)15-19-5-3-2-4-6-19/h2-10,18,21-22H,11-17H2,1H3,(H2,30,31)(H,32,33)/t21-,22+. The first-order valence-corrected chi connectivity index (χ1v) is 13.2. The molecule has 3 N–H and O–H groups in total. The van der Waals surface area contributed by atoms with Crippen LogP contribution in [0.4, 0.5) is 5.82 Å². The van der Waals surface area contributed by atoms with Gasteiger partial charge in [0.25, 0.3) is 0 Å². The van der Waals surface area contributed by atoms with E-state index in [2.05, 4.69) is 73.7 Å². The van der Waals surface area contributed by atoms with Gasteiger partial charge in [0.1, 0.15) is 28.7 Å². The summed E-state index contributed by atoms with van der Waals surface area (Å²) in [6, 6.07) is 17.4. The van der Waals surface area contributed by atoms with Crippen molar-refractivity contribution in [1.82, 2.24) is 34.1 Å². The topological polar surface area (TPSA) is 91.4 Å². The number of hydrogen-bond acceptors (Lipinski definition) is 6. The Hall–Kier alpha value is -3.75. The number of benzene rings is 2. The molecule has 1 saturated carbocycles. The lowest BCUT2D eigenvalue weighted by Gasteiger charge is -2.45. The second-order valence-electron chi connectivity index (χ2n) is 10.6. The summed E-state index contributed by atoms with van der Waals surface area (Å²) in [5.74, 6) is 2.99. The van der Waals surface area contributed by atoms with Crippen LogP contribution in [0.15, 0.2) is 60.9 Å². The molecule has 2 aromatic carbocycles. The normalized spacial score (nSPS) is 21.0. The maximum atomic E-state index is 6.42. The largest absolute Gasteiger partial charge is 0.382 e. The molecule has 0 spiro atoms. The van der Waals surface area contributed by atoms with Crippen molar-refractivity contribution < 1.29 is 0 Å². The number of hydrogen-bond donors (Lipinski definition) is 2. The molecule has 1 saturated heterocycles. The number of nitrogen functional groups attached to an aromatic ring is 1. The van der Waals surface area contributed by atoms with E-state index in [0.717, 1.165) is 84.9 Å². The van der Waals surface area contributed by atoms with E-state index in [1.165, 1.54) is 5.56 Å². The van der Waals surface area contributed by atoms with Gasteiger partial charge in [0.05, 0.1) is 11.0 Å². The zero-order chi connectivity index (χ0) is 24.9.